The molecule has 0 aromatic carbocycles. The van der Waals surface area contributed by atoms with Crippen molar-refractivity contribution in [3.05, 3.63) is 12.2 Å². The molecule has 1 fully saturated rings. The average molecular weight is 198 g/mol. The van der Waals surface area contributed by atoms with Gasteiger partial charge in [-0.05, 0) is 12.5 Å². The summed E-state index contributed by atoms with van der Waals surface area (Å²) in [6.07, 6.45) is 5.06. The summed E-state index contributed by atoms with van der Waals surface area (Å²) in [6, 6.07) is 0. The Bertz CT molecular complexity index is 207. The summed E-state index contributed by atoms with van der Waals surface area (Å²) in [5.41, 5.74) is 0. The van der Waals surface area contributed by atoms with Crippen molar-refractivity contribution in [3.8, 4) is 0 Å². The summed E-state index contributed by atoms with van der Waals surface area (Å²) in [5.74, 6) is 0.621. The third-order valence-corrected chi connectivity index (χ3v) is 2.10. The van der Waals surface area contributed by atoms with Crippen LogP contribution in [0.3, 0.4) is 0 Å². The van der Waals surface area contributed by atoms with E-state index in [2.05, 4.69) is 19.7 Å². The van der Waals surface area contributed by atoms with E-state index in [1.54, 1.807) is 0 Å². The molecule has 0 amide bonds. The molecule has 1 rings (SSSR count). The lowest BCUT2D eigenvalue weighted by Crippen LogP contribution is -2.12. The van der Waals surface area contributed by atoms with E-state index in [1.807, 2.05) is 17.7 Å². The lowest BCUT2D eigenvalue weighted by atomic mass is 10.1. The minimum absolute atomic E-state index is 0.111. The van der Waals surface area contributed by atoms with E-state index >= 15 is 0 Å². The van der Waals surface area contributed by atoms with Crippen molar-refractivity contribution in [2.75, 3.05) is 26.8 Å². The Kier molecular flexibility index (Phi) is 4.84. The van der Waals surface area contributed by atoms with Crippen molar-refractivity contribution >= 4 is 6.72 Å². The fourth-order valence-electron chi connectivity index (χ4n) is 1.52. The highest BCUT2D eigenvalue weighted by Crippen LogP contribution is 2.08. The summed E-state index contributed by atoms with van der Waals surface area (Å²) < 4.78 is 12.5. The summed E-state index contributed by atoms with van der Waals surface area (Å²) in [5, 5.41) is 0. The maximum absolute atomic E-state index is 5.28. The monoisotopic (exact) mass is 198 g/mol. The van der Waals surface area contributed by atoms with Gasteiger partial charge in [0, 0.05) is 5.92 Å². The molecule has 3 heteroatoms. The van der Waals surface area contributed by atoms with E-state index in [0.717, 1.165) is 13.0 Å². The van der Waals surface area contributed by atoms with Gasteiger partial charge in [0.15, 0.2) is 6.29 Å². The number of hydrogen-bond donors (Lipinski definition) is 0. The summed E-state index contributed by atoms with van der Waals surface area (Å²) in [6.45, 7) is 8.47. The largest absolute Gasteiger partial charge is 0.347 e. The van der Waals surface area contributed by atoms with Crippen LogP contribution in [0, 0.1) is 5.92 Å². The molecule has 80 valence electrons. The van der Waals surface area contributed by atoms with E-state index < -0.39 is 0 Å². The van der Waals surface area contributed by atoms with Crippen molar-refractivity contribution in [2.24, 2.45) is 5.92 Å². The van der Waals surface area contributed by atoms with E-state index in [9.17, 15) is 0 Å². The van der Waals surface area contributed by atoms with Gasteiger partial charge in [-0.2, -0.15) is 0 Å². The number of rotatable bonds is 5. The van der Waals surface area contributed by atoms with Crippen LogP contribution in [-0.4, -0.2) is 44.4 Å². The topological polar surface area (TPSA) is 21.5 Å². The van der Waals surface area contributed by atoms with Crippen molar-refractivity contribution in [1.82, 2.24) is 0 Å². The minimum atomic E-state index is -0.111. The van der Waals surface area contributed by atoms with Gasteiger partial charge in [-0.1, -0.05) is 13.0 Å². The molecule has 0 saturated carbocycles. The van der Waals surface area contributed by atoms with Gasteiger partial charge in [-0.15, -0.1) is 0 Å². The van der Waals surface area contributed by atoms with Gasteiger partial charge in [0.2, 0.25) is 0 Å². The van der Waals surface area contributed by atoms with Crippen LogP contribution in [-0.2, 0) is 9.47 Å². The van der Waals surface area contributed by atoms with E-state index in [-0.39, 0.29) is 6.29 Å². The van der Waals surface area contributed by atoms with Gasteiger partial charge in [-0.25, -0.2) is 4.58 Å². The predicted molar refractivity (Wildman–Crippen MR) is 56.8 cm³/mol. The van der Waals surface area contributed by atoms with Crippen LogP contribution in [0.15, 0.2) is 12.2 Å². The number of allylic oxidation sites excluding steroid dienone is 1. The van der Waals surface area contributed by atoms with Crippen LogP contribution < -0.4 is 0 Å². The van der Waals surface area contributed by atoms with Crippen molar-refractivity contribution in [3.63, 3.8) is 0 Å². The molecule has 1 aliphatic heterocycles. The molecule has 1 aliphatic rings. The second-order valence-corrected chi connectivity index (χ2v) is 3.92. The van der Waals surface area contributed by atoms with E-state index in [0.29, 0.717) is 19.1 Å². The van der Waals surface area contributed by atoms with Gasteiger partial charge in [0.05, 0.1) is 13.2 Å². The van der Waals surface area contributed by atoms with Gasteiger partial charge in [-0.3, -0.25) is 0 Å². The number of nitrogens with zero attached hydrogens (tertiary/aromatic N) is 1. The molecule has 1 atom stereocenters. The van der Waals surface area contributed by atoms with Crippen molar-refractivity contribution in [2.45, 2.75) is 19.6 Å². The lowest BCUT2D eigenvalue weighted by Gasteiger charge is -2.05. The summed E-state index contributed by atoms with van der Waals surface area (Å²) >= 11 is 0. The fraction of sp³-hybridized carbons (Fsp3) is 0.727. The van der Waals surface area contributed by atoms with Gasteiger partial charge in [0.25, 0.3) is 0 Å². The van der Waals surface area contributed by atoms with Crippen LogP contribution in [0.2, 0.25) is 0 Å². The van der Waals surface area contributed by atoms with Crippen LogP contribution in [0.4, 0.5) is 0 Å². The molecule has 0 aromatic rings. The fourth-order valence-corrected chi connectivity index (χ4v) is 1.52. The Morgan fingerprint density at radius 2 is 2.14 bits per heavy atom. The first kappa shape index (κ1) is 11.4. The molecule has 14 heavy (non-hydrogen) atoms. The zero-order valence-electron chi connectivity index (χ0n) is 9.11. The van der Waals surface area contributed by atoms with Crippen molar-refractivity contribution < 1.29 is 14.0 Å². The Hall–Kier alpha value is -0.670. The zero-order valence-corrected chi connectivity index (χ0v) is 9.11. The van der Waals surface area contributed by atoms with Gasteiger partial charge >= 0.3 is 0 Å². The van der Waals surface area contributed by atoms with E-state index in [4.69, 9.17) is 9.47 Å². The molecule has 0 spiro atoms. The second-order valence-electron chi connectivity index (χ2n) is 3.92. The smallest absolute Gasteiger partial charge is 0.177 e. The molecule has 1 heterocycles. The number of hydrogen-bond acceptors (Lipinski definition) is 2. The minimum Gasteiger partial charge on any atom is -0.347 e. The first-order valence-corrected chi connectivity index (χ1v) is 5.10. The first-order valence-electron chi connectivity index (χ1n) is 5.10. The van der Waals surface area contributed by atoms with Crippen LogP contribution >= 0.6 is 0 Å². The molecule has 0 aromatic heterocycles. The average Bonchev–Trinajstić information content (AvgIpc) is 2.55. The molecule has 3 nitrogen and oxygen atoms in total. The highest BCUT2D eigenvalue weighted by atomic mass is 16.7. The first-order chi connectivity index (χ1) is 6.68. The van der Waals surface area contributed by atoms with Gasteiger partial charge < -0.3 is 9.47 Å². The molecular weight excluding hydrogens is 178 g/mol. The Morgan fingerprint density at radius 1 is 1.50 bits per heavy atom. The molecule has 0 bridgehead atoms. The third-order valence-electron chi connectivity index (χ3n) is 2.10. The van der Waals surface area contributed by atoms with Crippen LogP contribution in [0.5, 0.6) is 0 Å². The maximum Gasteiger partial charge on any atom is 0.177 e. The quantitative estimate of drug-likeness (QED) is 0.377. The zero-order chi connectivity index (χ0) is 10.4. The second kappa shape index (κ2) is 5.94. The maximum atomic E-state index is 5.28. The Morgan fingerprint density at radius 3 is 2.71 bits per heavy atom. The van der Waals surface area contributed by atoms with E-state index in [1.165, 1.54) is 0 Å². The SMILES string of the molecule is C=[N+](C)CC(C)CC=CC1OCCO1. The highest BCUT2D eigenvalue weighted by molar-refractivity contribution is 5.14. The molecule has 1 saturated heterocycles. The summed E-state index contributed by atoms with van der Waals surface area (Å²) in [4.78, 5) is 0. The lowest BCUT2D eigenvalue weighted by molar-refractivity contribution is -0.495. The number of ether oxygens (including phenoxy) is 2. The molecule has 0 aliphatic carbocycles. The molecule has 0 N–H and O–H groups in total. The molecular formula is C11H20NO2+. The summed E-state index contributed by atoms with van der Waals surface area (Å²) in [7, 11) is 1.99. The van der Waals surface area contributed by atoms with Crippen LogP contribution in [0.1, 0.15) is 13.3 Å². The van der Waals surface area contributed by atoms with Crippen molar-refractivity contribution in [1.29, 1.82) is 0 Å². The molecule has 0 radical (unpaired) electrons. The predicted octanol–water partition coefficient (Wildman–Crippen LogP) is 1.28. The normalized spacial score (nSPS) is 20.4. The Balaban J connectivity index is 2.14. The standard InChI is InChI=1S/C11H20NO2/c1-10(9-12(2)3)5-4-6-11-13-7-8-14-11/h4,6,10-11H,2,5,7-9H2,1,3H3/q+1. The van der Waals surface area contributed by atoms with Gasteiger partial charge in [0.1, 0.15) is 20.3 Å². The third kappa shape index (κ3) is 4.53. The Labute approximate surface area is 86.0 Å². The van der Waals surface area contributed by atoms with Crippen LogP contribution in [0.25, 0.3) is 0 Å². The molecule has 1 unspecified atom stereocenters. The highest BCUT2D eigenvalue weighted by Gasteiger charge is 2.11.